The molecule has 1 aromatic rings. The van der Waals surface area contributed by atoms with Crippen LogP contribution < -0.4 is 4.90 Å². The molecule has 1 atom stereocenters. The van der Waals surface area contributed by atoms with E-state index in [2.05, 4.69) is 0 Å². The third-order valence-electron chi connectivity index (χ3n) is 3.38. The summed E-state index contributed by atoms with van der Waals surface area (Å²) in [6, 6.07) is 6.79. The van der Waals surface area contributed by atoms with Gasteiger partial charge in [0.05, 0.1) is 12.3 Å². The molecule has 0 fully saturated rings. The number of anilines is 1. The minimum atomic E-state index is -0.203. The molecule has 0 saturated carbocycles. The quantitative estimate of drug-likeness (QED) is 0.824. The molecule has 0 bridgehead atoms. The second kappa shape index (κ2) is 6.01. The van der Waals surface area contributed by atoms with Gasteiger partial charge in [-0.25, -0.2) is 4.39 Å². The van der Waals surface area contributed by atoms with E-state index in [9.17, 15) is 9.50 Å². The summed E-state index contributed by atoms with van der Waals surface area (Å²) in [5.74, 6) is -0.203. The smallest absolute Gasteiger partial charge is 0.146 e. The van der Waals surface area contributed by atoms with Crippen LogP contribution in [0, 0.1) is 11.2 Å². The molecular formula is C14H22FNO. The van der Waals surface area contributed by atoms with Crippen molar-refractivity contribution in [3.63, 3.8) is 0 Å². The van der Waals surface area contributed by atoms with Crippen LogP contribution in [0.5, 0.6) is 0 Å². The highest BCUT2D eigenvalue weighted by Crippen LogP contribution is 2.26. The molecule has 0 aliphatic heterocycles. The van der Waals surface area contributed by atoms with E-state index in [1.54, 1.807) is 12.1 Å². The van der Waals surface area contributed by atoms with E-state index in [0.29, 0.717) is 12.2 Å². The van der Waals surface area contributed by atoms with Gasteiger partial charge in [0.1, 0.15) is 5.82 Å². The average Bonchev–Trinajstić information content (AvgIpc) is 2.37. The second-order valence-corrected chi connectivity index (χ2v) is 4.79. The van der Waals surface area contributed by atoms with Gasteiger partial charge in [-0.05, 0) is 25.5 Å². The molecule has 0 saturated heterocycles. The van der Waals surface area contributed by atoms with Gasteiger partial charge in [-0.15, -0.1) is 0 Å². The third kappa shape index (κ3) is 3.43. The van der Waals surface area contributed by atoms with Crippen molar-refractivity contribution in [3.05, 3.63) is 30.1 Å². The van der Waals surface area contributed by atoms with Crippen molar-refractivity contribution in [1.29, 1.82) is 0 Å². The third-order valence-corrected chi connectivity index (χ3v) is 3.38. The van der Waals surface area contributed by atoms with Crippen molar-refractivity contribution in [2.75, 3.05) is 24.6 Å². The number of halogens is 1. The first kappa shape index (κ1) is 14.0. The van der Waals surface area contributed by atoms with Gasteiger partial charge >= 0.3 is 0 Å². The molecule has 0 amide bonds. The van der Waals surface area contributed by atoms with Gasteiger partial charge in [0, 0.05) is 18.5 Å². The predicted molar refractivity (Wildman–Crippen MR) is 69.8 cm³/mol. The fraction of sp³-hybridized carbons (Fsp3) is 0.571. The Morgan fingerprint density at radius 3 is 2.41 bits per heavy atom. The summed E-state index contributed by atoms with van der Waals surface area (Å²) in [7, 11) is 0. The predicted octanol–water partition coefficient (Wildman–Crippen LogP) is 3.06. The number of hydrogen-bond donors (Lipinski definition) is 1. The maximum absolute atomic E-state index is 13.7. The fourth-order valence-electron chi connectivity index (χ4n) is 1.81. The molecule has 3 heteroatoms. The molecule has 17 heavy (non-hydrogen) atoms. The highest BCUT2D eigenvalue weighted by molar-refractivity contribution is 5.47. The van der Waals surface area contributed by atoms with Crippen molar-refractivity contribution >= 4 is 5.69 Å². The first-order valence-corrected chi connectivity index (χ1v) is 6.16. The monoisotopic (exact) mass is 239 g/mol. The normalized spacial score (nSPS) is 14.4. The zero-order valence-corrected chi connectivity index (χ0v) is 10.9. The first-order chi connectivity index (χ1) is 8.06. The Bertz CT molecular complexity index is 350. The van der Waals surface area contributed by atoms with Crippen LogP contribution in [0.3, 0.4) is 0 Å². The highest BCUT2D eigenvalue weighted by atomic mass is 19.1. The van der Waals surface area contributed by atoms with Crippen LogP contribution >= 0.6 is 0 Å². The molecule has 96 valence electrons. The van der Waals surface area contributed by atoms with E-state index in [4.69, 9.17) is 0 Å². The number of hydrogen-bond acceptors (Lipinski definition) is 2. The van der Waals surface area contributed by atoms with Crippen LogP contribution in [0.4, 0.5) is 10.1 Å². The Labute approximate surface area is 103 Å². The summed E-state index contributed by atoms with van der Waals surface area (Å²) < 4.78 is 13.7. The molecule has 0 aliphatic rings. The summed E-state index contributed by atoms with van der Waals surface area (Å²) in [5, 5.41) is 9.43. The van der Waals surface area contributed by atoms with Crippen molar-refractivity contribution in [2.24, 2.45) is 5.41 Å². The minimum absolute atomic E-state index is 0.119. The maximum Gasteiger partial charge on any atom is 0.146 e. The number of para-hydroxylation sites is 1. The van der Waals surface area contributed by atoms with Crippen LogP contribution in [0.2, 0.25) is 0 Å². The molecule has 2 nitrogen and oxygen atoms in total. The van der Waals surface area contributed by atoms with Crippen LogP contribution in [-0.2, 0) is 0 Å². The maximum atomic E-state index is 13.7. The van der Waals surface area contributed by atoms with Crippen LogP contribution in [-0.4, -0.2) is 24.8 Å². The largest absolute Gasteiger partial charge is 0.396 e. The van der Waals surface area contributed by atoms with Crippen LogP contribution in [0.1, 0.15) is 27.2 Å². The minimum Gasteiger partial charge on any atom is -0.396 e. The van der Waals surface area contributed by atoms with Crippen molar-refractivity contribution in [2.45, 2.75) is 27.2 Å². The molecule has 0 spiro atoms. The zero-order valence-electron chi connectivity index (χ0n) is 10.9. The van der Waals surface area contributed by atoms with Gasteiger partial charge in [0.15, 0.2) is 0 Å². The topological polar surface area (TPSA) is 23.5 Å². The van der Waals surface area contributed by atoms with Gasteiger partial charge in [0.2, 0.25) is 0 Å². The van der Waals surface area contributed by atoms with Crippen molar-refractivity contribution in [1.82, 2.24) is 0 Å². The highest BCUT2D eigenvalue weighted by Gasteiger charge is 2.25. The summed E-state index contributed by atoms with van der Waals surface area (Å²) in [5.41, 5.74) is 0.432. The number of benzene rings is 1. The zero-order chi connectivity index (χ0) is 12.9. The lowest BCUT2D eigenvalue weighted by molar-refractivity contribution is 0.143. The molecule has 1 N–H and O–H groups in total. The molecule has 1 rings (SSSR count). The average molecular weight is 239 g/mol. The van der Waals surface area contributed by atoms with Crippen LogP contribution in [0.25, 0.3) is 0 Å². The Kier molecular flexibility index (Phi) is 4.94. The second-order valence-electron chi connectivity index (χ2n) is 4.79. The van der Waals surface area contributed by atoms with E-state index in [1.807, 2.05) is 31.7 Å². The van der Waals surface area contributed by atoms with Gasteiger partial charge in [0.25, 0.3) is 0 Å². The van der Waals surface area contributed by atoms with Crippen LogP contribution in [0.15, 0.2) is 24.3 Å². The molecule has 1 unspecified atom stereocenters. The Balaban J connectivity index is 2.90. The number of aliphatic hydroxyl groups is 1. The van der Waals surface area contributed by atoms with E-state index < -0.39 is 0 Å². The van der Waals surface area contributed by atoms with Crippen molar-refractivity contribution in [3.8, 4) is 0 Å². The van der Waals surface area contributed by atoms with Gasteiger partial charge in [-0.2, -0.15) is 0 Å². The summed E-state index contributed by atoms with van der Waals surface area (Å²) in [4.78, 5) is 1.98. The summed E-state index contributed by atoms with van der Waals surface area (Å²) in [6.07, 6.45) is 0.869. The fourth-order valence-corrected chi connectivity index (χ4v) is 1.81. The Morgan fingerprint density at radius 1 is 1.29 bits per heavy atom. The molecule has 0 radical (unpaired) electrons. The van der Waals surface area contributed by atoms with E-state index in [1.165, 1.54) is 6.07 Å². The van der Waals surface area contributed by atoms with E-state index in [0.717, 1.165) is 13.0 Å². The van der Waals surface area contributed by atoms with Gasteiger partial charge in [-0.1, -0.05) is 26.0 Å². The Hall–Kier alpha value is -1.09. The lowest BCUT2D eigenvalue weighted by Crippen LogP contribution is -2.38. The summed E-state index contributed by atoms with van der Waals surface area (Å²) in [6.45, 7) is 7.59. The molecular weight excluding hydrogens is 217 g/mol. The van der Waals surface area contributed by atoms with E-state index >= 15 is 0 Å². The Morgan fingerprint density at radius 2 is 1.94 bits per heavy atom. The number of rotatable bonds is 6. The van der Waals surface area contributed by atoms with Gasteiger partial charge < -0.3 is 10.0 Å². The molecule has 0 aliphatic carbocycles. The SMILES string of the molecule is CCN(CC(C)(CC)CO)c1ccccc1F. The standard InChI is InChI=1S/C14H22FNO/c1-4-14(3,11-17)10-16(5-2)13-9-7-6-8-12(13)15/h6-9,17H,4-5,10-11H2,1-3H3. The number of nitrogens with zero attached hydrogens (tertiary/aromatic N) is 1. The lowest BCUT2D eigenvalue weighted by Gasteiger charge is -2.34. The number of aliphatic hydroxyl groups excluding tert-OH is 1. The lowest BCUT2D eigenvalue weighted by atomic mass is 9.88. The molecule has 1 aromatic carbocycles. The van der Waals surface area contributed by atoms with Gasteiger partial charge in [-0.3, -0.25) is 0 Å². The van der Waals surface area contributed by atoms with E-state index in [-0.39, 0.29) is 17.8 Å². The molecule has 0 aromatic heterocycles. The first-order valence-electron chi connectivity index (χ1n) is 6.16. The van der Waals surface area contributed by atoms with Crippen molar-refractivity contribution < 1.29 is 9.50 Å². The summed E-state index contributed by atoms with van der Waals surface area (Å²) >= 11 is 0. The molecule has 0 heterocycles.